The normalized spacial score (nSPS) is 11.4. The second-order valence-electron chi connectivity index (χ2n) is 3.47. The van der Waals surface area contributed by atoms with Crippen LogP contribution in [0.15, 0.2) is 34.0 Å². The Bertz CT molecular complexity index is 671. The minimum absolute atomic E-state index is 0.0238. The first-order valence-corrected chi connectivity index (χ1v) is 6.21. The van der Waals surface area contributed by atoms with Gasteiger partial charge in [0.15, 0.2) is 5.82 Å². The molecule has 0 atom stereocenters. The molecule has 2 N–H and O–H groups in total. The number of nitrogens with one attached hydrogen (secondary N) is 1. The fourth-order valence-corrected chi connectivity index (χ4v) is 2.42. The molecular weight excluding hydrogens is 262 g/mol. The molecule has 2 rings (SSSR count). The summed E-state index contributed by atoms with van der Waals surface area (Å²) in [5, 5.41) is 12.2. The van der Waals surface area contributed by atoms with Crippen LogP contribution in [0.5, 0.6) is 0 Å². The van der Waals surface area contributed by atoms with Crippen LogP contribution in [0.3, 0.4) is 0 Å². The molecule has 0 saturated heterocycles. The zero-order valence-corrected chi connectivity index (χ0v) is 10.0. The number of anilines is 1. The fourth-order valence-electron chi connectivity index (χ4n) is 1.36. The first kappa shape index (κ1) is 12.2. The van der Waals surface area contributed by atoms with E-state index in [1.54, 1.807) is 0 Å². The first-order valence-electron chi connectivity index (χ1n) is 4.73. The summed E-state index contributed by atoms with van der Waals surface area (Å²) in [6, 6.07) is 2.39. The number of hydrogen-bond donors (Lipinski definition) is 2. The first-order chi connectivity index (χ1) is 8.40. The maximum atomic E-state index is 11.9. The molecule has 0 radical (unpaired) electrons. The van der Waals surface area contributed by atoms with Crippen LogP contribution in [0, 0.1) is 0 Å². The molecule has 0 fully saturated rings. The summed E-state index contributed by atoms with van der Waals surface area (Å²) in [5.74, 6) is -1.18. The highest BCUT2D eigenvalue weighted by Crippen LogP contribution is 2.17. The Morgan fingerprint density at radius 1 is 1.56 bits per heavy atom. The van der Waals surface area contributed by atoms with Crippen LogP contribution in [-0.2, 0) is 17.1 Å². The maximum Gasteiger partial charge on any atom is 0.352 e. The molecule has 0 aliphatic heterocycles. The Morgan fingerprint density at radius 2 is 2.28 bits per heavy atom. The number of nitrogens with zero attached hydrogens (tertiary/aromatic N) is 2. The van der Waals surface area contributed by atoms with Crippen LogP contribution >= 0.6 is 0 Å². The Kier molecular flexibility index (Phi) is 2.83. The van der Waals surface area contributed by atoms with Crippen molar-refractivity contribution in [1.82, 2.24) is 9.72 Å². The van der Waals surface area contributed by atoms with E-state index in [-0.39, 0.29) is 16.4 Å². The zero-order valence-electron chi connectivity index (χ0n) is 9.19. The van der Waals surface area contributed by atoms with E-state index in [0.717, 1.165) is 6.07 Å². The Labute approximate surface area is 102 Å². The molecule has 0 bridgehead atoms. The van der Waals surface area contributed by atoms with Gasteiger partial charge in [-0.15, -0.1) is 0 Å². The van der Waals surface area contributed by atoms with Crippen LogP contribution in [0.2, 0.25) is 0 Å². The molecule has 0 amide bonds. The number of carboxylic acid groups (broad SMARTS) is 1. The van der Waals surface area contributed by atoms with E-state index >= 15 is 0 Å². The predicted molar refractivity (Wildman–Crippen MR) is 59.7 cm³/mol. The van der Waals surface area contributed by atoms with Gasteiger partial charge in [0, 0.05) is 19.3 Å². The molecule has 9 heteroatoms. The van der Waals surface area contributed by atoms with Gasteiger partial charge in [0.1, 0.15) is 16.9 Å². The topological polar surface area (TPSA) is 114 Å². The van der Waals surface area contributed by atoms with E-state index in [9.17, 15) is 13.2 Å². The molecular formula is C9H9N3O5S. The molecule has 0 aliphatic carbocycles. The lowest BCUT2D eigenvalue weighted by Gasteiger charge is -2.01. The van der Waals surface area contributed by atoms with Crippen molar-refractivity contribution in [3.8, 4) is 0 Å². The number of sulfonamides is 1. The van der Waals surface area contributed by atoms with Crippen LogP contribution < -0.4 is 4.72 Å². The quantitative estimate of drug-likeness (QED) is 0.837. The molecule has 96 valence electrons. The number of hydrogen-bond acceptors (Lipinski definition) is 5. The smallest absolute Gasteiger partial charge is 0.352 e. The van der Waals surface area contributed by atoms with Crippen molar-refractivity contribution < 1.29 is 22.8 Å². The van der Waals surface area contributed by atoms with Crippen LogP contribution in [0.1, 0.15) is 10.5 Å². The second kappa shape index (κ2) is 4.18. The van der Waals surface area contributed by atoms with Gasteiger partial charge < -0.3 is 14.2 Å². The van der Waals surface area contributed by atoms with E-state index in [2.05, 4.69) is 14.4 Å². The van der Waals surface area contributed by atoms with Crippen molar-refractivity contribution in [3.05, 3.63) is 30.3 Å². The second-order valence-corrected chi connectivity index (χ2v) is 5.15. The van der Waals surface area contributed by atoms with Crippen LogP contribution in [-0.4, -0.2) is 29.2 Å². The van der Waals surface area contributed by atoms with Gasteiger partial charge in [-0.3, -0.25) is 4.72 Å². The molecule has 2 aromatic rings. The minimum atomic E-state index is -3.88. The van der Waals surface area contributed by atoms with E-state index in [0.29, 0.717) is 0 Å². The summed E-state index contributed by atoms with van der Waals surface area (Å²) >= 11 is 0. The van der Waals surface area contributed by atoms with E-state index < -0.39 is 16.0 Å². The Balaban J connectivity index is 2.36. The number of aromatic carboxylic acids is 1. The number of carboxylic acids is 1. The summed E-state index contributed by atoms with van der Waals surface area (Å²) in [4.78, 5) is 10.7. The van der Waals surface area contributed by atoms with Crippen molar-refractivity contribution in [1.29, 1.82) is 0 Å². The average molecular weight is 271 g/mol. The molecule has 0 saturated carbocycles. The molecule has 2 heterocycles. The van der Waals surface area contributed by atoms with Gasteiger partial charge >= 0.3 is 5.97 Å². The predicted octanol–water partition coefficient (Wildman–Crippen LogP) is 0.512. The van der Waals surface area contributed by atoms with Crippen molar-refractivity contribution in [3.63, 3.8) is 0 Å². The van der Waals surface area contributed by atoms with E-state index in [1.807, 2.05) is 0 Å². The molecule has 0 unspecified atom stereocenters. The van der Waals surface area contributed by atoms with Crippen molar-refractivity contribution in [2.75, 3.05) is 4.72 Å². The van der Waals surface area contributed by atoms with Gasteiger partial charge in [-0.2, -0.15) is 0 Å². The van der Waals surface area contributed by atoms with Crippen molar-refractivity contribution in [2.45, 2.75) is 4.90 Å². The number of carbonyl (C=O) groups is 1. The Hall–Kier alpha value is -2.29. The average Bonchev–Trinajstić information content (AvgIpc) is 2.86. The largest absolute Gasteiger partial charge is 0.477 e. The fraction of sp³-hybridized carbons (Fsp3) is 0.111. The van der Waals surface area contributed by atoms with Gasteiger partial charge in [-0.05, 0) is 6.07 Å². The van der Waals surface area contributed by atoms with Crippen molar-refractivity contribution >= 4 is 21.8 Å². The molecule has 0 aromatic carbocycles. The molecule has 0 spiro atoms. The monoisotopic (exact) mass is 271 g/mol. The number of aryl methyl sites for hydroxylation is 1. The number of rotatable bonds is 4. The molecule has 2 aromatic heterocycles. The lowest BCUT2D eigenvalue weighted by Crippen LogP contribution is -2.12. The number of aromatic nitrogens is 2. The third kappa shape index (κ3) is 2.20. The summed E-state index contributed by atoms with van der Waals surface area (Å²) in [6.07, 6.45) is 2.41. The van der Waals surface area contributed by atoms with Gasteiger partial charge in [-0.1, -0.05) is 5.16 Å². The summed E-state index contributed by atoms with van der Waals surface area (Å²) in [6.45, 7) is 0. The van der Waals surface area contributed by atoms with Gasteiger partial charge in [0.2, 0.25) is 0 Å². The maximum absolute atomic E-state index is 11.9. The molecule has 8 nitrogen and oxygen atoms in total. The summed E-state index contributed by atoms with van der Waals surface area (Å²) in [5.41, 5.74) is -0.129. The lowest BCUT2D eigenvalue weighted by molar-refractivity contribution is 0.0686. The third-order valence-electron chi connectivity index (χ3n) is 2.19. The van der Waals surface area contributed by atoms with Gasteiger partial charge in [-0.25, -0.2) is 13.2 Å². The van der Waals surface area contributed by atoms with Crippen LogP contribution in [0.25, 0.3) is 0 Å². The highest BCUT2D eigenvalue weighted by Gasteiger charge is 2.21. The van der Waals surface area contributed by atoms with Gasteiger partial charge in [0.05, 0.1) is 0 Å². The zero-order chi connectivity index (χ0) is 13.3. The highest BCUT2D eigenvalue weighted by molar-refractivity contribution is 7.92. The van der Waals surface area contributed by atoms with E-state index in [1.165, 1.54) is 30.1 Å². The SMILES string of the molecule is Cn1cc(S(=O)(=O)Nc2ccon2)cc1C(=O)O. The van der Waals surface area contributed by atoms with Crippen molar-refractivity contribution in [2.24, 2.45) is 7.05 Å². The lowest BCUT2D eigenvalue weighted by atomic mass is 10.4. The minimum Gasteiger partial charge on any atom is -0.477 e. The highest BCUT2D eigenvalue weighted by atomic mass is 32.2. The Morgan fingerprint density at radius 3 is 2.78 bits per heavy atom. The standard InChI is InChI=1S/C9H9N3O5S/c1-12-5-6(4-7(12)9(13)14)18(15,16)11-8-2-3-17-10-8/h2-5H,1H3,(H,10,11)(H,13,14). The van der Waals surface area contributed by atoms with Gasteiger partial charge in [0.25, 0.3) is 10.0 Å². The summed E-state index contributed by atoms with van der Waals surface area (Å²) < 4.78 is 31.6. The third-order valence-corrected chi connectivity index (χ3v) is 3.51. The molecule has 0 aliphatic rings. The van der Waals surface area contributed by atoms with Crippen LogP contribution in [0.4, 0.5) is 5.82 Å². The molecule has 18 heavy (non-hydrogen) atoms. The van der Waals surface area contributed by atoms with E-state index in [4.69, 9.17) is 5.11 Å². The summed E-state index contributed by atoms with van der Waals surface area (Å²) in [7, 11) is -2.43.